The highest BCUT2D eigenvalue weighted by Gasteiger charge is 2.26. The Kier molecular flexibility index (Phi) is 6.14. The van der Waals surface area contributed by atoms with Crippen LogP contribution in [-0.2, 0) is 0 Å². The number of amides is 1. The maximum absolute atomic E-state index is 12.1. The molecule has 1 aliphatic heterocycles. The molecule has 27 heavy (non-hydrogen) atoms. The molecule has 144 valence electrons. The van der Waals surface area contributed by atoms with E-state index in [2.05, 4.69) is 41.1 Å². The molecule has 0 radical (unpaired) electrons. The first-order valence-electron chi connectivity index (χ1n) is 9.45. The van der Waals surface area contributed by atoms with Gasteiger partial charge in [-0.2, -0.15) is 0 Å². The molecule has 5 heteroatoms. The van der Waals surface area contributed by atoms with Crippen molar-refractivity contribution in [1.29, 1.82) is 0 Å². The van der Waals surface area contributed by atoms with Gasteiger partial charge in [-0.3, -0.25) is 9.69 Å². The number of likely N-dealkylation sites (N-methyl/N-ethyl adjacent to an activating group) is 1. The van der Waals surface area contributed by atoms with Gasteiger partial charge in [-0.1, -0.05) is 30.3 Å². The molecule has 0 spiro atoms. The first-order valence-corrected chi connectivity index (χ1v) is 9.45. The highest BCUT2D eigenvalue weighted by molar-refractivity contribution is 5.94. The summed E-state index contributed by atoms with van der Waals surface area (Å²) in [5.74, 6) is 0.00914. The number of carbonyl (C=O) groups is 1. The highest BCUT2D eigenvalue weighted by atomic mass is 16.3. The molecule has 0 unspecified atom stereocenters. The molecule has 0 aliphatic carbocycles. The molecule has 0 saturated carbocycles. The van der Waals surface area contributed by atoms with Crippen molar-refractivity contribution in [3.8, 4) is 0 Å². The van der Waals surface area contributed by atoms with Crippen molar-refractivity contribution in [3.63, 3.8) is 0 Å². The molecule has 2 aromatic carbocycles. The number of aliphatic hydroxyl groups excluding tert-OH is 1. The Morgan fingerprint density at radius 1 is 1.11 bits per heavy atom. The maximum atomic E-state index is 12.1. The van der Waals surface area contributed by atoms with Crippen LogP contribution in [0.4, 0.5) is 5.69 Å². The van der Waals surface area contributed by atoms with Crippen molar-refractivity contribution in [2.75, 3.05) is 45.7 Å². The summed E-state index contributed by atoms with van der Waals surface area (Å²) in [5, 5.41) is 9.87. The number of rotatable bonds is 6. The zero-order chi connectivity index (χ0) is 19.4. The van der Waals surface area contributed by atoms with Crippen LogP contribution < -0.4 is 4.90 Å². The van der Waals surface area contributed by atoms with Crippen molar-refractivity contribution in [2.24, 2.45) is 0 Å². The van der Waals surface area contributed by atoms with Crippen LogP contribution in [0.2, 0.25) is 0 Å². The van der Waals surface area contributed by atoms with Gasteiger partial charge >= 0.3 is 0 Å². The van der Waals surface area contributed by atoms with Crippen LogP contribution in [0.15, 0.2) is 54.6 Å². The summed E-state index contributed by atoms with van der Waals surface area (Å²) in [6.07, 6.45) is 0.620. The second kappa shape index (κ2) is 8.55. The second-order valence-electron chi connectivity index (χ2n) is 7.49. The van der Waals surface area contributed by atoms with Crippen LogP contribution >= 0.6 is 0 Å². The number of β-amino-alcohol motifs (C(OH)–C–C–N with tert-alkyl or cyclic N) is 1. The van der Waals surface area contributed by atoms with Gasteiger partial charge in [0.2, 0.25) is 0 Å². The maximum Gasteiger partial charge on any atom is 0.253 e. The Hall–Kier alpha value is -2.37. The van der Waals surface area contributed by atoms with Gasteiger partial charge in [-0.25, -0.2) is 0 Å². The molecule has 1 saturated heterocycles. The number of carbonyl (C=O) groups excluding carboxylic acids is 1. The predicted octanol–water partition coefficient (Wildman–Crippen LogP) is 2.63. The van der Waals surface area contributed by atoms with E-state index in [1.54, 1.807) is 19.0 Å². The summed E-state index contributed by atoms with van der Waals surface area (Å²) < 4.78 is 0. The van der Waals surface area contributed by atoms with Crippen LogP contribution in [-0.4, -0.2) is 67.7 Å². The van der Waals surface area contributed by atoms with Crippen LogP contribution in [0.1, 0.15) is 28.4 Å². The molecule has 1 N–H and O–H groups in total. The van der Waals surface area contributed by atoms with Crippen LogP contribution in [0.3, 0.4) is 0 Å². The van der Waals surface area contributed by atoms with Gasteiger partial charge < -0.3 is 14.9 Å². The first kappa shape index (κ1) is 19.4. The minimum atomic E-state index is -0.219. The van der Waals surface area contributed by atoms with Gasteiger partial charge in [0.05, 0.1) is 12.1 Å². The summed E-state index contributed by atoms with van der Waals surface area (Å²) in [7, 11) is 5.61. The molecule has 5 nitrogen and oxygen atoms in total. The van der Waals surface area contributed by atoms with Crippen molar-refractivity contribution in [2.45, 2.75) is 18.6 Å². The first-order chi connectivity index (χ1) is 13.0. The van der Waals surface area contributed by atoms with E-state index in [0.29, 0.717) is 5.56 Å². The number of likely N-dealkylation sites (tertiary alicyclic amines) is 1. The van der Waals surface area contributed by atoms with E-state index in [0.717, 1.165) is 31.7 Å². The van der Waals surface area contributed by atoms with Crippen LogP contribution in [0, 0.1) is 0 Å². The minimum absolute atomic E-state index is 0.00914. The Bertz CT molecular complexity index is 746. The van der Waals surface area contributed by atoms with Crippen molar-refractivity contribution < 1.29 is 9.90 Å². The number of aliphatic hydroxyl groups is 1. The third kappa shape index (κ3) is 4.67. The molecule has 3 rings (SSSR count). The molecule has 1 aliphatic rings. The quantitative estimate of drug-likeness (QED) is 0.853. The molecular formula is C22H29N3O2. The van der Waals surface area contributed by atoms with E-state index in [-0.39, 0.29) is 18.1 Å². The molecule has 2 atom stereocenters. The molecule has 1 amide bonds. The van der Waals surface area contributed by atoms with Gasteiger partial charge in [-0.05, 0) is 36.2 Å². The van der Waals surface area contributed by atoms with Gasteiger partial charge in [0.1, 0.15) is 0 Å². The minimum Gasteiger partial charge on any atom is -0.392 e. The van der Waals surface area contributed by atoms with E-state index in [4.69, 9.17) is 0 Å². The Morgan fingerprint density at radius 2 is 1.78 bits per heavy atom. The van der Waals surface area contributed by atoms with Gasteiger partial charge in [0.15, 0.2) is 0 Å². The molecule has 0 bridgehead atoms. The van der Waals surface area contributed by atoms with Crippen molar-refractivity contribution in [3.05, 3.63) is 65.7 Å². The van der Waals surface area contributed by atoms with E-state index in [1.165, 1.54) is 5.56 Å². The Labute approximate surface area is 161 Å². The average Bonchev–Trinajstić information content (AvgIpc) is 3.10. The fourth-order valence-corrected chi connectivity index (χ4v) is 3.63. The lowest BCUT2D eigenvalue weighted by Gasteiger charge is -2.33. The zero-order valence-electron chi connectivity index (χ0n) is 16.4. The van der Waals surface area contributed by atoms with Crippen molar-refractivity contribution in [1.82, 2.24) is 9.80 Å². The van der Waals surface area contributed by atoms with Gasteiger partial charge in [-0.15, -0.1) is 0 Å². The number of anilines is 1. The van der Waals surface area contributed by atoms with E-state index in [9.17, 15) is 9.90 Å². The van der Waals surface area contributed by atoms with Crippen LogP contribution in [0.5, 0.6) is 0 Å². The summed E-state index contributed by atoms with van der Waals surface area (Å²) in [5.41, 5.74) is 3.00. The Balaban J connectivity index is 1.82. The zero-order valence-corrected chi connectivity index (χ0v) is 16.4. The molecule has 0 aromatic heterocycles. The van der Waals surface area contributed by atoms with E-state index < -0.39 is 0 Å². The lowest BCUT2D eigenvalue weighted by molar-refractivity contribution is 0.0827. The normalized spacial score (nSPS) is 18.3. The fraction of sp³-hybridized carbons (Fsp3) is 0.409. The van der Waals surface area contributed by atoms with Crippen molar-refractivity contribution >= 4 is 11.6 Å². The smallest absolute Gasteiger partial charge is 0.253 e. The summed E-state index contributed by atoms with van der Waals surface area (Å²) >= 11 is 0. The van der Waals surface area contributed by atoms with Crippen LogP contribution in [0.25, 0.3) is 0 Å². The van der Waals surface area contributed by atoms with E-state index >= 15 is 0 Å². The fourth-order valence-electron chi connectivity index (χ4n) is 3.63. The largest absolute Gasteiger partial charge is 0.392 e. The summed E-state index contributed by atoms with van der Waals surface area (Å²) in [6, 6.07) is 18.4. The summed E-state index contributed by atoms with van der Waals surface area (Å²) in [4.78, 5) is 18.3. The molecule has 1 fully saturated rings. The van der Waals surface area contributed by atoms with Gasteiger partial charge in [0, 0.05) is 52.0 Å². The molecule has 2 aromatic rings. The Morgan fingerprint density at radius 3 is 2.33 bits per heavy atom. The third-order valence-electron chi connectivity index (χ3n) is 5.26. The van der Waals surface area contributed by atoms with E-state index in [1.807, 2.05) is 30.3 Å². The SMILES string of the molecule is CN(C)C(=O)c1ccc(N(C)[C@H](CN2CC[C@H](O)C2)c2ccccc2)cc1. The highest BCUT2D eigenvalue weighted by Crippen LogP contribution is 2.28. The number of benzene rings is 2. The number of hydrogen-bond acceptors (Lipinski definition) is 4. The second-order valence-corrected chi connectivity index (χ2v) is 7.49. The molecule has 1 heterocycles. The summed E-state index contributed by atoms with van der Waals surface area (Å²) in [6.45, 7) is 2.51. The molecular weight excluding hydrogens is 338 g/mol. The lowest BCUT2D eigenvalue weighted by Crippen LogP contribution is -2.36. The third-order valence-corrected chi connectivity index (χ3v) is 5.26. The number of hydrogen-bond donors (Lipinski definition) is 1. The number of nitrogens with zero attached hydrogens (tertiary/aromatic N) is 3. The topological polar surface area (TPSA) is 47.0 Å². The predicted molar refractivity (Wildman–Crippen MR) is 109 cm³/mol. The standard InChI is InChI=1S/C22H29N3O2/c1-23(2)22(27)18-9-11-19(12-10-18)24(3)21(17-7-5-4-6-8-17)16-25-14-13-20(26)15-25/h4-12,20-21,26H,13-16H2,1-3H3/t20-,21+/m0/s1. The lowest BCUT2D eigenvalue weighted by atomic mass is 10.0. The average molecular weight is 367 g/mol. The van der Waals surface area contributed by atoms with Gasteiger partial charge in [0.25, 0.3) is 5.91 Å². The monoisotopic (exact) mass is 367 g/mol.